The van der Waals surface area contributed by atoms with Gasteiger partial charge in [-0.3, -0.25) is 0 Å². The van der Waals surface area contributed by atoms with Crippen LogP contribution in [0.5, 0.6) is 0 Å². The lowest BCUT2D eigenvalue weighted by molar-refractivity contribution is 0.439. The van der Waals surface area contributed by atoms with E-state index >= 15 is 0 Å². The topological polar surface area (TPSA) is 73.1 Å². The van der Waals surface area contributed by atoms with Crippen LogP contribution in [-0.4, -0.2) is 18.6 Å². The van der Waals surface area contributed by atoms with Crippen LogP contribution >= 0.6 is 0 Å². The summed E-state index contributed by atoms with van der Waals surface area (Å²) in [4.78, 5) is 0. The Bertz CT molecular complexity index is 869. The van der Waals surface area contributed by atoms with Crippen molar-refractivity contribution in [1.29, 1.82) is 0 Å². The van der Waals surface area contributed by atoms with Crippen LogP contribution in [0, 0.1) is 6.92 Å². The molecule has 2 aromatic carbocycles. The number of nitrogens with zero attached hydrogens (tertiary/aromatic N) is 2. The van der Waals surface area contributed by atoms with Gasteiger partial charge in [-0.05, 0) is 24.6 Å². The standard InChI is InChI=1S/C16H14N2O3S/c1-12-7-9-13(10-8-12)11-22(19,20)16-18-17-15(21-16)14-5-3-2-4-6-14/h2-10H,11H2,1H3. The van der Waals surface area contributed by atoms with Crippen molar-refractivity contribution in [2.75, 3.05) is 0 Å². The third-order valence-corrected chi connectivity index (χ3v) is 4.58. The minimum absolute atomic E-state index is 0.163. The van der Waals surface area contributed by atoms with Gasteiger partial charge >= 0.3 is 5.22 Å². The van der Waals surface area contributed by atoms with Gasteiger partial charge < -0.3 is 4.42 Å². The van der Waals surface area contributed by atoms with Crippen molar-refractivity contribution in [2.24, 2.45) is 0 Å². The van der Waals surface area contributed by atoms with Crippen LogP contribution in [0.15, 0.2) is 64.2 Å². The maximum Gasteiger partial charge on any atom is 0.336 e. The number of hydrogen-bond acceptors (Lipinski definition) is 5. The fraction of sp³-hybridized carbons (Fsp3) is 0.125. The van der Waals surface area contributed by atoms with Crippen LogP contribution in [0.2, 0.25) is 0 Å². The van der Waals surface area contributed by atoms with Crippen LogP contribution < -0.4 is 0 Å². The molecule has 5 nitrogen and oxygen atoms in total. The van der Waals surface area contributed by atoms with Crippen LogP contribution in [0.3, 0.4) is 0 Å². The Labute approximate surface area is 128 Å². The first kappa shape index (κ1) is 14.5. The zero-order valence-corrected chi connectivity index (χ0v) is 12.7. The summed E-state index contributed by atoms with van der Waals surface area (Å²) in [5.41, 5.74) is 2.45. The van der Waals surface area contributed by atoms with Gasteiger partial charge in [-0.1, -0.05) is 53.1 Å². The number of rotatable bonds is 4. The second-order valence-electron chi connectivity index (χ2n) is 4.98. The highest BCUT2D eigenvalue weighted by atomic mass is 32.2. The molecule has 1 heterocycles. The molecule has 0 atom stereocenters. The molecule has 0 amide bonds. The van der Waals surface area contributed by atoms with Crippen molar-refractivity contribution in [1.82, 2.24) is 10.2 Å². The van der Waals surface area contributed by atoms with Gasteiger partial charge in [0.15, 0.2) is 0 Å². The van der Waals surface area contributed by atoms with E-state index in [-0.39, 0.29) is 16.9 Å². The number of aryl methyl sites for hydroxylation is 1. The van der Waals surface area contributed by atoms with Crippen LogP contribution in [0.1, 0.15) is 11.1 Å². The molecule has 0 saturated heterocycles. The van der Waals surface area contributed by atoms with Crippen molar-refractivity contribution >= 4 is 9.84 Å². The van der Waals surface area contributed by atoms with Crippen LogP contribution in [0.4, 0.5) is 0 Å². The fourth-order valence-corrected chi connectivity index (χ4v) is 3.12. The van der Waals surface area contributed by atoms with Gasteiger partial charge in [0, 0.05) is 5.56 Å². The molecule has 22 heavy (non-hydrogen) atoms. The minimum Gasteiger partial charge on any atom is -0.408 e. The number of sulfone groups is 1. The van der Waals surface area contributed by atoms with Gasteiger partial charge in [0.1, 0.15) is 0 Å². The zero-order chi connectivity index (χ0) is 15.6. The Morgan fingerprint density at radius 1 is 0.955 bits per heavy atom. The molecule has 0 saturated carbocycles. The molecule has 0 aliphatic rings. The second-order valence-corrected chi connectivity index (χ2v) is 6.85. The summed E-state index contributed by atoms with van der Waals surface area (Å²) in [5, 5.41) is 7.13. The normalized spacial score (nSPS) is 11.5. The van der Waals surface area contributed by atoms with E-state index in [0.717, 1.165) is 5.56 Å². The van der Waals surface area contributed by atoms with Gasteiger partial charge in [-0.25, -0.2) is 8.42 Å². The van der Waals surface area contributed by atoms with Crippen LogP contribution in [0.25, 0.3) is 11.5 Å². The summed E-state index contributed by atoms with van der Waals surface area (Å²) >= 11 is 0. The number of hydrogen-bond donors (Lipinski definition) is 0. The third-order valence-electron chi connectivity index (χ3n) is 3.17. The number of aromatic nitrogens is 2. The van der Waals surface area contributed by atoms with E-state index in [1.165, 1.54) is 0 Å². The van der Waals surface area contributed by atoms with E-state index in [1.54, 1.807) is 24.3 Å². The third kappa shape index (κ3) is 3.07. The molecule has 1 aromatic heterocycles. The summed E-state index contributed by atoms with van der Waals surface area (Å²) in [7, 11) is -3.65. The first-order valence-corrected chi connectivity index (χ1v) is 8.37. The van der Waals surface area contributed by atoms with Gasteiger partial charge in [0.2, 0.25) is 15.7 Å². The van der Waals surface area contributed by atoms with E-state index in [9.17, 15) is 8.42 Å². The molecule has 0 aliphatic heterocycles. The smallest absolute Gasteiger partial charge is 0.336 e. The predicted octanol–water partition coefficient (Wildman–Crippen LogP) is 3.02. The van der Waals surface area contributed by atoms with E-state index in [1.807, 2.05) is 37.3 Å². The Kier molecular flexibility index (Phi) is 3.77. The minimum atomic E-state index is -3.65. The van der Waals surface area contributed by atoms with Gasteiger partial charge in [0.25, 0.3) is 0 Å². The molecule has 3 rings (SSSR count). The first-order chi connectivity index (χ1) is 10.5. The van der Waals surface area contributed by atoms with E-state index in [0.29, 0.717) is 11.1 Å². The SMILES string of the molecule is Cc1ccc(CS(=O)(=O)c2nnc(-c3ccccc3)o2)cc1. The molecule has 112 valence electrons. The lowest BCUT2D eigenvalue weighted by Crippen LogP contribution is -2.05. The highest BCUT2D eigenvalue weighted by Crippen LogP contribution is 2.21. The zero-order valence-electron chi connectivity index (χ0n) is 11.9. The Hall–Kier alpha value is -2.47. The maximum atomic E-state index is 12.3. The highest BCUT2D eigenvalue weighted by molar-refractivity contribution is 7.90. The Balaban J connectivity index is 1.87. The monoisotopic (exact) mass is 314 g/mol. The lowest BCUT2D eigenvalue weighted by Gasteiger charge is -2.01. The quantitative estimate of drug-likeness (QED) is 0.740. The molecule has 0 N–H and O–H groups in total. The molecule has 0 fully saturated rings. The van der Waals surface area contributed by atoms with Gasteiger partial charge in [-0.2, -0.15) is 0 Å². The largest absolute Gasteiger partial charge is 0.408 e. The highest BCUT2D eigenvalue weighted by Gasteiger charge is 2.23. The Morgan fingerprint density at radius 2 is 1.64 bits per heavy atom. The first-order valence-electron chi connectivity index (χ1n) is 6.72. The molecule has 6 heteroatoms. The maximum absolute atomic E-state index is 12.3. The van der Waals surface area contributed by atoms with Crippen molar-refractivity contribution < 1.29 is 12.8 Å². The fourth-order valence-electron chi connectivity index (χ4n) is 2.00. The molecule has 0 aliphatic carbocycles. The summed E-state index contributed by atoms with van der Waals surface area (Å²) in [6.07, 6.45) is 0. The average molecular weight is 314 g/mol. The van der Waals surface area contributed by atoms with E-state index in [4.69, 9.17) is 4.42 Å². The summed E-state index contributed by atoms with van der Waals surface area (Å²) in [6.45, 7) is 1.95. The van der Waals surface area contributed by atoms with E-state index in [2.05, 4.69) is 10.2 Å². The van der Waals surface area contributed by atoms with Crippen LogP contribution in [-0.2, 0) is 15.6 Å². The summed E-state index contributed by atoms with van der Waals surface area (Å²) in [6, 6.07) is 16.4. The molecular weight excluding hydrogens is 300 g/mol. The molecular formula is C16H14N2O3S. The summed E-state index contributed by atoms with van der Waals surface area (Å²) in [5.74, 6) is 0.0343. The number of benzene rings is 2. The molecule has 0 unspecified atom stereocenters. The second kappa shape index (κ2) is 5.73. The molecule has 0 radical (unpaired) electrons. The van der Waals surface area contributed by atoms with Crippen molar-refractivity contribution in [3.8, 4) is 11.5 Å². The average Bonchev–Trinajstić information content (AvgIpc) is 3.01. The van der Waals surface area contributed by atoms with Gasteiger partial charge in [0.05, 0.1) is 5.75 Å². The molecule has 0 spiro atoms. The van der Waals surface area contributed by atoms with Crippen molar-refractivity contribution in [2.45, 2.75) is 17.9 Å². The Morgan fingerprint density at radius 3 is 2.32 bits per heavy atom. The predicted molar refractivity (Wildman–Crippen MR) is 81.8 cm³/mol. The summed E-state index contributed by atoms with van der Waals surface area (Å²) < 4.78 is 30.0. The van der Waals surface area contributed by atoms with Crippen molar-refractivity contribution in [3.05, 3.63) is 65.7 Å². The van der Waals surface area contributed by atoms with Crippen molar-refractivity contribution in [3.63, 3.8) is 0 Å². The lowest BCUT2D eigenvalue weighted by atomic mass is 10.2. The van der Waals surface area contributed by atoms with E-state index < -0.39 is 9.84 Å². The molecule has 3 aromatic rings. The van der Waals surface area contributed by atoms with Gasteiger partial charge in [-0.15, -0.1) is 5.10 Å². The molecule has 0 bridgehead atoms.